The highest BCUT2D eigenvalue weighted by molar-refractivity contribution is 8.15. The molecule has 134 valence electrons. The summed E-state index contributed by atoms with van der Waals surface area (Å²) in [5, 5.41) is 9.89. The lowest BCUT2D eigenvalue weighted by Gasteiger charge is -2.18. The van der Waals surface area contributed by atoms with Crippen molar-refractivity contribution in [1.82, 2.24) is 0 Å². The number of aromatic hydroxyl groups is 1. The van der Waals surface area contributed by atoms with Crippen molar-refractivity contribution >= 4 is 23.5 Å². The minimum absolute atomic E-state index is 0.177. The van der Waals surface area contributed by atoms with Gasteiger partial charge in [-0.15, -0.1) is 23.5 Å². The first-order chi connectivity index (χ1) is 12.8. The van der Waals surface area contributed by atoms with Gasteiger partial charge in [0.2, 0.25) is 0 Å². The van der Waals surface area contributed by atoms with Crippen molar-refractivity contribution in [2.75, 3.05) is 7.11 Å². The Hall–Kier alpha value is -2.04. The van der Waals surface area contributed by atoms with E-state index in [2.05, 4.69) is 48.5 Å². The van der Waals surface area contributed by atoms with E-state index in [4.69, 9.17) is 4.74 Å². The number of rotatable bonds is 8. The third kappa shape index (κ3) is 5.23. The van der Waals surface area contributed by atoms with Crippen LogP contribution in [0.25, 0.3) is 0 Å². The van der Waals surface area contributed by atoms with E-state index < -0.39 is 0 Å². The number of benzene rings is 3. The lowest BCUT2D eigenvalue weighted by atomic mass is 10.2. The standard InChI is InChI=1S/C22H22O2S2/c1-24-21-14-19(12-13-20(21)23)22(25-15-17-8-4-2-5-9-17)26-16-18-10-6-3-7-11-18/h2-14,22-23H,15-16H2,1H3. The lowest BCUT2D eigenvalue weighted by Crippen LogP contribution is -1.94. The van der Waals surface area contributed by atoms with Crippen LogP contribution in [-0.4, -0.2) is 12.2 Å². The maximum Gasteiger partial charge on any atom is 0.160 e. The fraction of sp³-hybridized carbons (Fsp3) is 0.182. The molecule has 3 aromatic rings. The predicted molar refractivity (Wildman–Crippen MR) is 113 cm³/mol. The third-order valence-electron chi connectivity index (χ3n) is 3.96. The van der Waals surface area contributed by atoms with Crippen LogP contribution >= 0.6 is 23.5 Å². The molecule has 0 aromatic heterocycles. The van der Waals surface area contributed by atoms with Crippen LogP contribution in [0.1, 0.15) is 21.3 Å². The molecule has 0 saturated carbocycles. The second kappa shape index (κ2) is 9.60. The van der Waals surface area contributed by atoms with E-state index in [0.717, 1.165) is 17.1 Å². The Balaban J connectivity index is 1.76. The van der Waals surface area contributed by atoms with E-state index >= 15 is 0 Å². The Labute approximate surface area is 163 Å². The molecule has 0 unspecified atom stereocenters. The molecule has 0 saturated heterocycles. The Morgan fingerprint density at radius 1 is 0.808 bits per heavy atom. The van der Waals surface area contributed by atoms with Gasteiger partial charge >= 0.3 is 0 Å². The molecule has 3 aromatic carbocycles. The molecule has 0 aliphatic rings. The minimum atomic E-state index is 0.177. The Kier molecular flexibility index (Phi) is 6.92. The fourth-order valence-corrected chi connectivity index (χ4v) is 5.12. The zero-order valence-electron chi connectivity index (χ0n) is 14.7. The highest BCUT2D eigenvalue weighted by Crippen LogP contribution is 2.44. The molecule has 0 fully saturated rings. The zero-order chi connectivity index (χ0) is 18.2. The van der Waals surface area contributed by atoms with Gasteiger partial charge in [-0.1, -0.05) is 66.7 Å². The number of hydrogen-bond acceptors (Lipinski definition) is 4. The van der Waals surface area contributed by atoms with Crippen LogP contribution in [0.4, 0.5) is 0 Å². The van der Waals surface area contributed by atoms with Crippen LogP contribution < -0.4 is 4.74 Å². The first kappa shape index (κ1) is 18.7. The Morgan fingerprint density at radius 2 is 1.35 bits per heavy atom. The van der Waals surface area contributed by atoms with E-state index in [-0.39, 0.29) is 10.3 Å². The van der Waals surface area contributed by atoms with Crippen molar-refractivity contribution in [3.63, 3.8) is 0 Å². The maximum absolute atomic E-state index is 9.89. The number of phenols is 1. The zero-order valence-corrected chi connectivity index (χ0v) is 16.3. The molecule has 0 aliphatic carbocycles. The molecule has 0 bridgehead atoms. The average Bonchev–Trinajstić information content (AvgIpc) is 2.70. The highest BCUT2D eigenvalue weighted by atomic mass is 32.2. The summed E-state index contributed by atoms with van der Waals surface area (Å²) in [6, 6.07) is 26.6. The molecule has 0 radical (unpaired) electrons. The van der Waals surface area contributed by atoms with Gasteiger partial charge in [-0.3, -0.25) is 0 Å². The molecule has 0 aliphatic heterocycles. The largest absolute Gasteiger partial charge is 0.504 e. The summed E-state index contributed by atoms with van der Waals surface area (Å²) in [5.41, 5.74) is 3.78. The molecule has 3 rings (SSSR count). The molecule has 2 nitrogen and oxygen atoms in total. The second-order valence-corrected chi connectivity index (χ2v) is 8.34. The lowest BCUT2D eigenvalue weighted by molar-refractivity contribution is 0.373. The van der Waals surface area contributed by atoms with Crippen molar-refractivity contribution in [1.29, 1.82) is 0 Å². The summed E-state index contributed by atoms with van der Waals surface area (Å²) in [5.74, 6) is 2.58. The van der Waals surface area contributed by atoms with E-state index in [1.54, 1.807) is 13.2 Å². The summed E-state index contributed by atoms with van der Waals surface area (Å²) in [6.45, 7) is 0. The summed E-state index contributed by atoms with van der Waals surface area (Å²) in [6.07, 6.45) is 0. The molecule has 4 heteroatoms. The Bertz CT molecular complexity index is 763. The van der Waals surface area contributed by atoms with Crippen molar-refractivity contribution in [2.24, 2.45) is 0 Å². The monoisotopic (exact) mass is 382 g/mol. The topological polar surface area (TPSA) is 29.5 Å². The SMILES string of the molecule is COc1cc(C(SCc2ccccc2)SCc2ccccc2)ccc1O. The second-order valence-electron chi connectivity index (χ2n) is 5.86. The number of thioether (sulfide) groups is 2. The maximum atomic E-state index is 9.89. The van der Waals surface area contributed by atoms with Gasteiger partial charge in [-0.05, 0) is 28.8 Å². The van der Waals surface area contributed by atoms with E-state index in [0.29, 0.717) is 5.75 Å². The van der Waals surface area contributed by atoms with Gasteiger partial charge in [-0.25, -0.2) is 0 Å². The minimum Gasteiger partial charge on any atom is -0.504 e. The van der Waals surface area contributed by atoms with Crippen LogP contribution in [0, 0.1) is 0 Å². The van der Waals surface area contributed by atoms with Gasteiger partial charge in [0.1, 0.15) is 0 Å². The summed E-state index contributed by atoms with van der Waals surface area (Å²) < 4.78 is 5.55. The summed E-state index contributed by atoms with van der Waals surface area (Å²) in [7, 11) is 1.59. The first-order valence-corrected chi connectivity index (χ1v) is 10.5. The summed E-state index contributed by atoms with van der Waals surface area (Å²) in [4.78, 5) is 0. The van der Waals surface area contributed by atoms with Crippen LogP contribution in [0.15, 0.2) is 78.9 Å². The van der Waals surface area contributed by atoms with Crippen LogP contribution in [0.2, 0.25) is 0 Å². The van der Waals surface area contributed by atoms with Gasteiger partial charge in [0.25, 0.3) is 0 Å². The van der Waals surface area contributed by atoms with Crippen LogP contribution in [-0.2, 0) is 11.5 Å². The highest BCUT2D eigenvalue weighted by Gasteiger charge is 2.16. The number of ether oxygens (including phenoxy) is 1. The first-order valence-electron chi connectivity index (χ1n) is 8.44. The normalized spacial score (nSPS) is 10.8. The molecule has 0 amide bonds. The molecule has 0 spiro atoms. The van der Waals surface area contributed by atoms with Gasteiger partial charge in [0.15, 0.2) is 11.5 Å². The predicted octanol–water partition coefficient (Wildman–Crippen LogP) is 6.27. The van der Waals surface area contributed by atoms with E-state index in [1.165, 1.54) is 11.1 Å². The van der Waals surface area contributed by atoms with Crippen molar-refractivity contribution in [3.8, 4) is 11.5 Å². The smallest absolute Gasteiger partial charge is 0.160 e. The molecule has 26 heavy (non-hydrogen) atoms. The third-order valence-corrected chi connectivity index (χ3v) is 6.93. The van der Waals surface area contributed by atoms with Crippen LogP contribution in [0.3, 0.4) is 0 Å². The Morgan fingerprint density at radius 3 is 1.85 bits per heavy atom. The molecule has 0 atom stereocenters. The fourth-order valence-electron chi connectivity index (χ4n) is 2.57. The molecule has 1 N–H and O–H groups in total. The van der Waals surface area contributed by atoms with Crippen molar-refractivity contribution in [3.05, 3.63) is 95.6 Å². The van der Waals surface area contributed by atoms with Gasteiger partial charge in [0.05, 0.1) is 11.7 Å². The van der Waals surface area contributed by atoms with E-state index in [9.17, 15) is 5.11 Å². The number of hydrogen-bond donors (Lipinski definition) is 1. The van der Waals surface area contributed by atoms with Gasteiger partial charge in [-0.2, -0.15) is 0 Å². The quantitative estimate of drug-likeness (QED) is 0.465. The van der Waals surface area contributed by atoms with Crippen molar-refractivity contribution in [2.45, 2.75) is 16.1 Å². The number of methoxy groups -OCH3 is 1. The molecular weight excluding hydrogens is 360 g/mol. The molecule has 0 heterocycles. The van der Waals surface area contributed by atoms with Crippen molar-refractivity contribution < 1.29 is 9.84 Å². The average molecular weight is 383 g/mol. The van der Waals surface area contributed by atoms with Gasteiger partial charge in [0, 0.05) is 11.5 Å². The van der Waals surface area contributed by atoms with Crippen LogP contribution in [0.5, 0.6) is 11.5 Å². The van der Waals surface area contributed by atoms with Gasteiger partial charge < -0.3 is 9.84 Å². The summed E-state index contributed by atoms with van der Waals surface area (Å²) >= 11 is 3.80. The molecular formula is C22H22O2S2. The van der Waals surface area contributed by atoms with E-state index in [1.807, 2.05) is 47.8 Å². The number of phenolic OH excluding ortho intramolecular Hbond substituents is 1.